The lowest BCUT2D eigenvalue weighted by Gasteiger charge is -2.02. The molecule has 0 aliphatic heterocycles. The van der Waals surface area contributed by atoms with E-state index in [0.717, 1.165) is 12.8 Å². The lowest BCUT2D eigenvalue weighted by Crippen LogP contribution is -2.08. The molecule has 1 heterocycles. The molecule has 78 valence electrons. The molecule has 2 nitrogen and oxygen atoms in total. The lowest BCUT2D eigenvalue weighted by atomic mass is 10.2. The van der Waals surface area contributed by atoms with Crippen LogP contribution in [0.4, 0.5) is 13.2 Å². The van der Waals surface area contributed by atoms with Crippen molar-refractivity contribution >= 4 is 0 Å². The molecule has 0 radical (unpaired) electrons. The summed E-state index contributed by atoms with van der Waals surface area (Å²) in [4.78, 5) is 0. The summed E-state index contributed by atoms with van der Waals surface area (Å²) < 4.78 is 38.9. The summed E-state index contributed by atoms with van der Waals surface area (Å²) in [6.07, 6.45) is -2.44. The molecule has 0 unspecified atom stereocenters. The van der Waals surface area contributed by atoms with Gasteiger partial charge in [0.25, 0.3) is 0 Å². The van der Waals surface area contributed by atoms with Crippen LogP contribution in [0.2, 0.25) is 0 Å². The van der Waals surface area contributed by atoms with Gasteiger partial charge < -0.3 is 0 Å². The second-order valence-corrected chi connectivity index (χ2v) is 3.73. The molecule has 0 N–H and O–H groups in total. The highest BCUT2D eigenvalue weighted by Gasteiger charge is 2.39. The number of nitrogens with zero attached hydrogens (tertiary/aromatic N) is 2. The zero-order valence-electron chi connectivity index (χ0n) is 8.02. The van der Waals surface area contributed by atoms with Gasteiger partial charge in [-0.05, 0) is 26.7 Å². The maximum atomic E-state index is 12.5. The highest BCUT2D eigenvalue weighted by atomic mass is 19.4. The van der Waals surface area contributed by atoms with Crippen molar-refractivity contribution in [2.75, 3.05) is 0 Å². The van der Waals surface area contributed by atoms with E-state index in [2.05, 4.69) is 5.10 Å². The first-order chi connectivity index (χ1) is 6.41. The minimum atomic E-state index is -4.32. The SMILES string of the molecule is Cc1c(C(F)(F)F)nn(C2CC2)c1C. The molecular weight excluding hydrogens is 193 g/mol. The monoisotopic (exact) mass is 204 g/mol. The standard InChI is InChI=1S/C9H11F3N2/c1-5-6(2)14(7-3-4-7)13-8(5)9(10,11)12/h7H,3-4H2,1-2H3. The number of hydrogen-bond donors (Lipinski definition) is 0. The van der Waals surface area contributed by atoms with E-state index in [0.29, 0.717) is 5.69 Å². The molecule has 1 aromatic rings. The Labute approximate surface area is 79.7 Å². The minimum Gasteiger partial charge on any atom is -0.266 e. The van der Waals surface area contributed by atoms with Gasteiger partial charge in [0.2, 0.25) is 0 Å². The van der Waals surface area contributed by atoms with Gasteiger partial charge in [-0.25, -0.2) is 0 Å². The van der Waals surface area contributed by atoms with Gasteiger partial charge in [0.05, 0.1) is 6.04 Å². The van der Waals surface area contributed by atoms with Gasteiger partial charge in [-0.1, -0.05) is 0 Å². The second kappa shape index (κ2) is 2.74. The average molecular weight is 204 g/mol. The smallest absolute Gasteiger partial charge is 0.266 e. The number of alkyl halides is 3. The van der Waals surface area contributed by atoms with Gasteiger partial charge >= 0.3 is 6.18 Å². The Morgan fingerprint density at radius 1 is 1.29 bits per heavy atom. The zero-order valence-corrected chi connectivity index (χ0v) is 8.02. The van der Waals surface area contributed by atoms with Crippen molar-refractivity contribution in [1.82, 2.24) is 9.78 Å². The quantitative estimate of drug-likeness (QED) is 0.687. The van der Waals surface area contributed by atoms with E-state index in [1.54, 1.807) is 6.92 Å². The molecule has 0 atom stereocenters. The van der Waals surface area contributed by atoms with E-state index < -0.39 is 11.9 Å². The molecular formula is C9H11F3N2. The number of rotatable bonds is 1. The van der Waals surface area contributed by atoms with Crippen LogP contribution in [-0.4, -0.2) is 9.78 Å². The molecule has 0 aromatic carbocycles. The third-order valence-corrected chi connectivity index (χ3v) is 2.61. The molecule has 1 aliphatic carbocycles. The zero-order chi connectivity index (χ0) is 10.5. The summed E-state index contributed by atoms with van der Waals surface area (Å²) in [5, 5.41) is 3.63. The van der Waals surface area contributed by atoms with E-state index in [1.807, 2.05) is 0 Å². The molecule has 1 saturated carbocycles. The van der Waals surface area contributed by atoms with Crippen LogP contribution in [0.3, 0.4) is 0 Å². The third-order valence-electron chi connectivity index (χ3n) is 2.61. The largest absolute Gasteiger partial charge is 0.435 e. The molecule has 0 spiro atoms. The van der Waals surface area contributed by atoms with Gasteiger partial charge in [0.15, 0.2) is 5.69 Å². The summed E-state index contributed by atoms with van der Waals surface area (Å²) in [5.41, 5.74) is 0.158. The van der Waals surface area contributed by atoms with E-state index in [-0.39, 0.29) is 11.6 Å². The van der Waals surface area contributed by atoms with E-state index in [1.165, 1.54) is 11.6 Å². The maximum absolute atomic E-state index is 12.5. The second-order valence-electron chi connectivity index (χ2n) is 3.73. The van der Waals surface area contributed by atoms with Crippen molar-refractivity contribution in [2.24, 2.45) is 0 Å². The molecule has 14 heavy (non-hydrogen) atoms. The molecule has 1 aromatic heterocycles. The van der Waals surface area contributed by atoms with Crippen molar-refractivity contribution < 1.29 is 13.2 Å². The Morgan fingerprint density at radius 3 is 2.21 bits per heavy atom. The van der Waals surface area contributed by atoms with E-state index in [4.69, 9.17) is 0 Å². The van der Waals surface area contributed by atoms with Crippen LogP contribution in [0.5, 0.6) is 0 Å². The molecule has 0 amide bonds. The summed E-state index contributed by atoms with van der Waals surface area (Å²) in [6.45, 7) is 3.17. The topological polar surface area (TPSA) is 17.8 Å². The van der Waals surface area contributed by atoms with Crippen LogP contribution in [0, 0.1) is 13.8 Å². The fraction of sp³-hybridized carbons (Fsp3) is 0.667. The van der Waals surface area contributed by atoms with Crippen LogP contribution < -0.4 is 0 Å². The van der Waals surface area contributed by atoms with Crippen molar-refractivity contribution in [3.05, 3.63) is 17.0 Å². The Kier molecular flexibility index (Phi) is 1.87. The molecule has 1 aliphatic rings. The number of aromatic nitrogens is 2. The van der Waals surface area contributed by atoms with Crippen LogP contribution in [0.1, 0.15) is 35.8 Å². The van der Waals surface area contributed by atoms with Gasteiger partial charge in [0, 0.05) is 11.3 Å². The van der Waals surface area contributed by atoms with Crippen molar-refractivity contribution in [2.45, 2.75) is 38.9 Å². The molecule has 5 heteroatoms. The molecule has 0 bridgehead atoms. The maximum Gasteiger partial charge on any atom is 0.435 e. The average Bonchev–Trinajstić information content (AvgIpc) is 2.81. The normalized spacial score (nSPS) is 17.5. The van der Waals surface area contributed by atoms with Gasteiger partial charge in [0.1, 0.15) is 0 Å². The summed E-state index contributed by atoms with van der Waals surface area (Å²) in [7, 11) is 0. The third kappa shape index (κ3) is 1.40. The first-order valence-corrected chi connectivity index (χ1v) is 4.54. The van der Waals surface area contributed by atoms with Gasteiger partial charge in [-0.15, -0.1) is 0 Å². The Hall–Kier alpha value is -1.00. The predicted octanol–water partition coefficient (Wildman–Crippen LogP) is 2.85. The minimum absolute atomic E-state index is 0.199. The molecule has 1 fully saturated rings. The fourth-order valence-electron chi connectivity index (χ4n) is 1.54. The first kappa shape index (κ1) is 9.55. The lowest BCUT2D eigenvalue weighted by molar-refractivity contribution is -0.141. The van der Waals surface area contributed by atoms with Crippen LogP contribution in [-0.2, 0) is 6.18 Å². The van der Waals surface area contributed by atoms with Crippen molar-refractivity contribution in [1.29, 1.82) is 0 Å². The van der Waals surface area contributed by atoms with Crippen molar-refractivity contribution in [3.63, 3.8) is 0 Å². The predicted molar refractivity (Wildman–Crippen MR) is 45.0 cm³/mol. The molecule has 0 saturated heterocycles. The first-order valence-electron chi connectivity index (χ1n) is 4.54. The summed E-state index contributed by atoms with van der Waals surface area (Å²) in [6, 6.07) is 0.199. The van der Waals surface area contributed by atoms with Crippen LogP contribution >= 0.6 is 0 Å². The number of halogens is 3. The van der Waals surface area contributed by atoms with Gasteiger partial charge in [-0.3, -0.25) is 4.68 Å². The highest BCUT2D eigenvalue weighted by Crippen LogP contribution is 2.39. The van der Waals surface area contributed by atoms with Crippen LogP contribution in [0.25, 0.3) is 0 Å². The fourth-order valence-corrected chi connectivity index (χ4v) is 1.54. The van der Waals surface area contributed by atoms with Gasteiger partial charge in [-0.2, -0.15) is 18.3 Å². The highest BCUT2D eigenvalue weighted by molar-refractivity contribution is 5.26. The van der Waals surface area contributed by atoms with Crippen molar-refractivity contribution in [3.8, 4) is 0 Å². The van der Waals surface area contributed by atoms with E-state index >= 15 is 0 Å². The Balaban J connectivity index is 2.47. The summed E-state index contributed by atoms with van der Waals surface area (Å²) in [5.74, 6) is 0. The Bertz CT molecular complexity index is 361. The summed E-state index contributed by atoms with van der Waals surface area (Å²) >= 11 is 0. The Morgan fingerprint density at radius 2 is 1.86 bits per heavy atom. The van der Waals surface area contributed by atoms with E-state index in [9.17, 15) is 13.2 Å². The van der Waals surface area contributed by atoms with Crippen LogP contribution in [0.15, 0.2) is 0 Å². The molecule has 2 rings (SSSR count). The number of hydrogen-bond acceptors (Lipinski definition) is 1.